The highest BCUT2D eigenvalue weighted by Gasteiger charge is 2.32. The second-order valence-electron chi connectivity index (χ2n) is 8.26. The number of aliphatic hydroxyl groups excluding tert-OH is 1. The molecule has 1 aliphatic rings. The minimum Gasteiger partial charge on any atom is -0.495 e. The second-order valence-corrected chi connectivity index (χ2v) is 8.70. The summed E-state index contributed by atoms with van der Waals surface area (Å²) in [7, 11) is 1.61. The molecule has 0 aliphatic carbocycles. The lowest BCUT2D eigenvalue weighted by Crippen LogP contribution is -2.50. The zero-order chi connectivity index (χ0) is 23.9. The molecule has 2 aromatic heterocycles. The topological polar surface area (TPSA) is 105 Å². The Labute approximate surface area is 203 Å². The van der Waals surface area contributed by atoms with E-state index in [9.17, 15) is 4.79 Å². The first-order valence-corrected chi connectivity index (χ1v) is 11.6. The number of urea groups is 1. The molecule has 180 valence electrons. The number of anilines is 1. The predicted octanol–water partition coefficient (Wildman–Crippen LogP) is 3.11. The highest BCUT2D eigenvalue weighted by molar-refractivity contribution is 6.30. The fourth-order valence-electron chi connectivity index (χ4n) is 4.18. The molecule has 3 aromatic rings. The molecule has 1 aromatic carbocycles. The molecular formula is C24H29ClN6O3. The van der Waals surface area contributed by atoms with E-state index in [4.69, 9.17) is 21.4 Å². The van der Waals surface area contributed by atoms with Gasteiger partial charge in [-0.15, -0.1) is 0 Å². The second kappa shape index (κ2) is 11.3. The molecule has 0 bridgehead atoms. The van der Waals surface area contributed by atoms with Gasteiger partial charge in [0, 0.05) is 54.2 Å². The lowest BCUT2D eigenvalue weighted by atomic mass is 9.88. The number of hydrogen-bond acceptors (Lipinski definition) is 6. The van der Waals surface area contributed by atoms with Crippen LogP contribution in [0, 0.1) is 0 Å². The van der Waals surface area contributed by atoms with E-state index < -0.39 is 0 Å². The molecule has 1 aliphatic heterocycles. The van der Waals surface area contributed by atoms with Crippen molar-refractivity contribution in [2.75, 3.05) is 32.1 Å². The summed E-state index contributed by atoms with van der Waals surface area (Å²) in [5, 5.41) is 20.3. The first-order valence-electron chi connectivity index (χ1n) is 11.2. The van der Waals surface area contributed by atoms with Crippen LogP contribution in [-0.4, -0.2) is 63.7 Å². The van der Waals surface area contributed by atoms with Gasteiger partial charge >= 0.3 is 6.03 Å². The molecule has 0 spiro atoms. The van der Waals surface area contributed by atoms with Gasteiger partial charge in [-0.25, -0.2) is 4.79 Å². The van der Waals surface area contributed by atoms with E-state index in [1.165, 1.54) is 0 Å². The zero-order valence-electron chi connectivity index (χ0n) is 19.0. The van der Waals surface area contributed by atoms with Gasteiger partial charge in [0.2, 0.25) is 0 Å². The lowest BCUT2D eigenvalue weighted by molar-refractivity contribution is 0.165. The molecule has 3 heterocycles. The van der Waals surface area contributed by atoms with E-state index in [2.05, 4.69) is 25.6 Å². The molecule has 0 radical (unpaired) electrons. The SMILES string of the molecule is COc1ccc([C@@H]2CN(Cc3ccn(CCO)n3)CC[C@H]2NC(=O)Nc2ccc(Cl)cc2)nc1. The largest absolute Gasteiger partial charge is 0.495 e. The number of pyridine rings is 1. The molecule has 2 amide bonds. The summed E-state index contributed by atoms with van der Waals surface area (Å²) in [6, 6.07) is 12.5. The molecule has 0 saturated carbocycles. The van der Waals surface area contributed by atoms with E-state index in [0.29, 0.717) is 29.5 Å². The Kier molecular flexibility index (Phi) is 7.99. The van der Waals surface area contributed by atoms with Crippen molar-refractivity contribution in [1.82, 2.24) is 25.0 Å². The number of likely N-dealkylation sites (tertiary alicyclic amines) is 1. The summed E-state index contributed by atoms with van der Waals surface area (Å²) in [4.78, 5) is 19.7. The minimum absolute atomic E-state index is 0.00449. The summed E-state index contributed by atoms with van der Waals surface area (Å²) in [6.07, 6.45) is 4.35. The molecule has 34 heavy (non-hydrogen) atoms. The molecule has 4 rings (SSSR count). The van der Waals surface area contributed by atoms with E-state index >= 15 is 0 Å². The van der Waals surface area contributed by atoms with E-state index in [1.54, 1.807) is 42.3 Å². The number of halogens is 1. The number of piperidine rings is 1. The van der Waals surface area contributed by atoms with Crippen LogP contribution in [0.15, 0.2) is 54.9 Å². The number of aliphatic hydroxyl groups is 1. The van der Waals surface area contributed by atoms with Crippen molar-refractivity contribution in [2.45, 2.75) is 31.5 Å². The summed E-state index contributed by atoms with van der Waals surface area (Å²) in [5.41, 5.74) is 2.52. The maximum Gasteiger partial charge on any atom is 0.319 e. The van der Waals surface area contributed by atoms with Crippen LogP contribution < -0.4 is 15.4 Å². The third kappa shape index (κ3) is 6.25. The summed E-state index contributed by atoms with van der Waals surface area (Å²) >= 11 is 5.94. The van der Waals surface area contributed by atoms with Gasteiger partial charge in [-0.2, -0.15) is 5.10 Å². The number of methoxy groups -OCH3 is 1. The summed E-state index contributed by atoms with van der Waals surface area (Å²) in [5.74, 6) is 0.686. The van der Waals surface area contributed by atoms with Crippen molar-refractivity contribution in [2.24, 2.45) is 0 Å². The Morgan fingerprint density at radius 1 is 1.24 bits per heavy atom. The van der Waals surface area contributed by atoms with Crippen LogP contribution in [-0.2, 0) is 13.1 Å². The van der Waals surface area contributed by atoms with Crippen molar-refractivity contribution in [1.29, 1.82) is 0 Å². The van der Waals surface area contributed by atoms with Gasteiger partial charge in [0.1, 0.15) is 5.75 Å². The lowest BCUT2D eigenvalue weighted by Gasteiger charge is -2.38. The van der Waals surface area contributed by atoms with Crippen molar-refractivity contribution in [3.63, 3.8) is 0 Å². The number of nitrogens with zero attached hydrogens (tertiary/aromatic N) is 4. The minimum atomic E-state index is -0.262. The fourth-order valence-corrected chi connectivity index (χ4v) is 4.31. The molecule has 1 saturated heterocycles. The van der Waals surface area contributed by atoms with Crippen LogP contribution in [0.1, 0.15) is 23.7 Å². The first kappa shape index (κ1) is 24.0. The van der Waals surface area contributed by atoms with Gasteiger partial charge in [0.15, 0.2) is 0 Å². The Hall–Kier alpha value is -3.14. The Morgan fingerprint density at radius 2 is 2.06 bits per heavy atom. The molecule has 3 N–H and O–H groups in total. The van der Waals surface area contributed by atoms with Gasteiger partial charge in [0.25, 0.3) is 0 Å². The third-order valence-corrected chi connectivity index (χ3v) is 6.15. The van der Waals surface area contributed by atoms with Gasteiger partial charge < -0.3 is 20.5 Å². The van der Waals surface area contributed by atoms with Crippen molar-refractivity contribution < 1.29 is 14.6 Å². The highest BCUT2D eigenvalue weighted by atomic mass is 35.5. The Bertz CT molecular complexity index is 1070. The van der Waals surface area contributed by atoms with Gasteiger partial charge in [0.05, 0.1) is 32.2 Å². The number of ether oxygens (including phenoxy) is 1. The van der Waals surface area contributed by atoms with Gasteiger partial charge in [-0.05, 0) is 48.9 Å². The highest BCUT2D eigenvalue weighted by Crippen LogP contribution is 2.28. The first-order chi connectivity index (χ1) is 16.5. The van der Waals surface area contributed by atoms with E-state index in [-0.39, 0.29) is 24.6 Å². The quantitative estimate of drug-likeness (QED) is 0.454. The number of amides is 2. The monoisotopic (exact) mass is 484 g/mol. The summed E-state index contributed by atoms with van der Waals surface area (Å²) < 4.78 is 7.00. The average molecular weight is 485 g/mol. The predicted molar refractivity (Wildman–Crippen MR) is 130 cm³/mol. The Morgan fingerprint density at radius 3 is 2.76 bits per heavy atom. The van der Waals surface area contributed by atoms with Crippen LogP contribution in [0.25, 0.3) is 0 Å². The van der Waals surface area contributed by atoms with E-state index in [0.717, 1.165) is 30.9 Å². The number of aromatic nitrogens is 3. The number of hydrogen-bond donors (Lipinski definition) is 3. The number of carbonyl (C=O) groups is 1. The van der Waals surface area contributed by atoms with Gasteiger partial charge in [-0.3, -0.25) is 14.6 Å². The van der Waals surface area contributed by atoms with Crippen LogP contribution in [0.3, 0.4) is 0 Å². The standard InChI is InChI=1S/C24H29ClN6O3/c1-34-20-6-7-22(26-14-20)21-16-30(15-19-8-11-31(29-19)12-13-32)10-9-23(21)28-24(33)27-18-4-2-17(25)3-5-18/h2-8,11,14,21,23,32H,9-10,12-13,15-16H2,1H3,(H2,27,28,33)/t21-,23+/m0/s1. The van der Waals surface area contributed by atoms with Crippen molar-refractivity contribution in [3.8, 4) is 5.75 Å². The number of nitrogens with one attached hydrogen (secondary N) is 2. The molecule has 10 heteroatoms. The molecule has 1 fully saturated rings. The average Bonchev–Trinajstić information content (AvgIpc) is 3.28. The van der Waals surface area contributed by atoms with Crippen molar-refractivity contribution in [3.05, 3.63) is 71.3 Å². The number of rotatable bonds is 8. The maximum atomic E-state index is 12.7. The van der Waals surface area contributed by atoms with E-state index in [1.807, 2.05) is 24.4 Å². The summed E-state index contributed by atoms with van der Waals surface area (Å²) in [6.45, 7) is 2.76. The number of carbonyl (C=O) groups excluding carboxylic acids is 1. The maximum absolute atomic E-state index is 12.7. The zero-order valence-corrected chi connectivity index (χ0v) is 19.8. The van der Waals surface area contributed by atoms with Crippen LogP contribution in [0.2, 0.25) is 5.02 Å². The molecule has 9 nitrogen and oxygen atoms in total. The van der Waals surface area contributed by atoms with Gasteiger partial charge in [-0.1, -0.05) is 11.6 Å². The van der Waals surface area contributed by atoms with Crippen LogP contribution in [0.4, 0.5) is 10.5 Å². The molecule has 2 atom stereocenters. The normalized spacial score (nSPS) is 18.4. The molecule has 0 unspecified atom stereocenters. The smallest absolute Gasteiger partial charge is 0.319 e. The van der Waals surface area contributed by atoms with Crippen LogP contribution >= 0.6 is 11.6 Å². The number of benzene rings is 1. The Balaban J connectivity index is 1.45. The fraction of sp³-hybridized carbons (Fsp3) is 0.375. The van der Waals surface area contributed by atoms with Crippen LogP contribution in [0.5, 0.6) is 5.75 Å². The molecular weight excluding hydrogens is 456 g/mol. The van der Waals surface area contributed by atoms with Crippen molar-refractivity contribution >= 4 is 23.3 Å². The third-order valence-electron chi connectivity index (χ3n) is 5.90.